The number of ether oxygens (including phenoxy) is 2. The highest BCUT2D eigenvalue weighted by Crippen LogP contribution is 2.43. The van der Waals surface area contributed by atoms with Gasteiger partial charge in [0, 0.05) is 58.7 Å². The van der Waals surface area contributed by atoms with E-state index in [1.54, 1.807) is 0 Å². The van der Waals surface area contributed by atoms with Crippen LogP contribution in [-0.4, -0.2) is 25.7 Å². The first-order chi connectivity index (χ1) is 23.2. The summed E-state index contributed by atoms with van der Waals surface area (Å²) in [6.07, 6.45) is 4.20. The second-order valence-corrected chi connectivity index (χ2v) is 12.7. The number of hydrogen-bond donors (Lipinski definition) is 0. The molecule has 47 heavy (non-hydrogen) atoms. The molecule has 0 radical (unpaired) electrons. The summed E-state index contributed by atoms with van der Waals surface area (Å²) in [7, 11) is 0. The van der Waals surface area contributed by atoms with E-state index in [0.29, 0.717) is 12.2 Å². The Kier molecular flexibility index (Phi) is 7.82. The third kappa shape index (κ3) is 5.61. The van der Waals surface area contributed by atoms with E-state index in [-0.39, 0.29) is 5.97 Å². The van der Waals surface area contributed by atoms with Gasteiger partial charge in [0.05, 0.1) is 18.2 Å². The zero-order valence-corrected chi connectivity index (χ0v) is 26.9. The minimum absolute atomic E-state index is 0.302. The lowest BCUT2D eigenvalue weighted by Gasteiger charge is -2.33. The maximum absolute atomic E-state index is 13.4. The normalized spacial score (nSPS) is 14.8. The molecule has 3 aliphatic heterocycles. The van der Waals surface area contributed by atoms with Gasteiger partial charge < -0.3 is 14.4 Å². The summed E-state index contributed by atoms with van der Waals surface area (Å²) >= 11 is 0. The van der Waals surface area contributed by atoms with Crippen LogP contribution in [0.5, 0.6) is 11.5 Å². The van der Waals surface area contributed by atoms with Crippen LogP contribution in [0.3, 0.4) is 0 Å². The van der Waals surface area contributed by atoms with Crippen LogP contribution in [0.15, 0.2) is 109 Å². The van der Waals surface area contributed by atoms with Crippen molar-refractivity contribution in [1.82, 2.24) is 4.58 Å². The molecule has 0 aliphatic carbocycles. The SMILES string of the molecule is CCOC(=O)c1ccccc1C1=c2cc3c(cc2Oc2cc4c(cc21)CCCN4Cc1ccccc1)=[N+](Cc1ccccc1)CCC3. The van der Waals surface area contributed by atoms with Crippen molar-refractivity contribution in [3.05, 3.63) is 159 Å². The van der Waals surface area contributed by atoms with Crippen LogP contribution in [0.1, 0.15) is 63.5 Å². The zero-order chi connectivity index (χ0) is 31.7. The van der Waals surface area contributed by atoms with Crippen molar-refractivity contribution in [2.75, 3.05) is 24.6 Å². The average Bonchev–Trinajstić information content (AvgIpc) is 3.10. The molecule has 5 nitrogen and oxygen atoms in total. The van der Waals surface area contributed by atoms with Crippen molar-refractivity contribution in [2.45, 2.75) is 45.7 Å². The van der Waals surface area contributed by atoms with Crippen LogP contribution in [-0.2, 0) is 30.7 Å². The molecule has 0 saturated carbocycles. The molecule has 234 valence electrons. The molecule has 8 rings (SSSR count). The molecule has 0 unspecified atom stereocenters. The zero-order valence-electron chi connectivity index (χ0n) is 26.9. The van der Waals surface area contributed by atoms with Gasteiger partial charge in [0.25, 0.3) is 0 Å². The quantitative estimate of drug-likeness (QED) is 0.146. The van der Waals surface area contributed by atoms with E-state index in [1.807, 2.05) is 25.1 Å². The van der Waals surface area contributed by atoms with Crippen molar-refractivity contribution in [2.24, 2.45) is 0 Å². The lowest BCUT2D eigenvalue weighted by atomic mass is 9.86. The maximum Gasteiger partial charge on any atom is 0.338 e. The number of carbonyl (C=O) groups excluding carboxylic acids is 1. The van der Waals surface area contributed by atoms with Gasteiger partial charge in [0.2, 0.25) is 5.36 Å². The van der Waals surface area contributed by atoms with Crippen molar-refractivity contribution in [1.29, 1.82) is 0 Å². The van der Waals surface area contributed by atoms with Gasteiger partial charge in [-0.15, -0.1) is 0 Å². The summed E-state index contributed by atoms with van der Waals surface area (Å²) in [6, 6.07) is 38.4. The van der Waals surface area contributed by atoms with Crippen LogP contribution < -0.4 is 24.8 Å². The van der Waals surface area contributed by atoms with Crippen molar-refractivity contribution in [3.63, 3.8) is 0 Å². The largest absolute Gasteiger partial charge is 0.462 e. The number of anilines is 1. The second kappa shape index (κ2) is 12.6. The van der Waals surface area contributed by atoms with Gasteiger partial charge in [0.1, 0.15) is 18.0 Å². The van der Waals surface area contributed by atoms with E-state index in [2.05, 4.69) is 100 Å². The standard InChI is InChI=1S/C42H39N2O3/c1-2-46-42(45)34-20-10-9-19-33(34)41-35-23-31-17-11-21-43(27-29-13-5-3-6-14-29)37(31)25-39(35)47-40-26-38-32(24-36(40)41)18-12-22-44(38)28-30-15-7-4-8-16-30/h3-10,13-16,19-20,23-26H,2,11-12,17-18,21-22,27-28H2,1H3/q+1. The molecule has 5 aromatic carbocycles. The predicted octanol–water partition coefficient (Wildman–Crippen LogP) is 6.81. The first-order valence-electron chi connectivity index (χ1n) is 16.9. The number of aryl methyl sites for hydroxylation is 2. The van der Waals surface area contributed by atoms with Gasteiger partial charge in [-0.25, -0.2) is 9.37 Å². The third-order valence-corrected chi connectivity index (χ3v) is 9.67. The van der Waals surface area contributed by atoms with Crippen LogP contribution >= 0.6 is 0 Å². The van der Waals surface area contributed by atoms with Crippen LogP contribution in [0, 0.1) is 0 Å². The molecule has 0 saturated heterocycles. The molecule has 0 spiro atoms. The minimum atomic E-state index is -0.302. The fraction of sp³-hybridized carbons (Fsp3) is 0.238. The fourth-order valence-electron chi connectivity index (χ4n) is 7.52. The Morgan fingerprint density at radius 2 is 1.53 bits per heavy atom. The minimum Gasteiger partial charge on any atom is -0.462 e. The molecule has 0 aromatic heterocycles. The average molecular weight is 620 g/mol. The number of nitrogens with zero attached hydrogens (tertiary/aromatic N) is 2. The molecule has 0 bridgehead atoms. The first-order valence-corrected chi connectivity index (χ1v) is 16.9. The lowest BCUT2D eigenvalue weighted by molar-refractivity contribution is 0.0526. The number of hydrogen-bond acceptors (Lipinski definition) is 4. The fourth-order valence-corrected chi connectivity index (χ4v) is 7.52. The lowest BCUT2D eigenvalue weighted by Crippen LogP contribution is -2.39. The maximum atomic E-state index is 13.4. The number of rotatable bonds is 7. The van der Waals surface area contributed by atoms with E-state index in [0.717, 1.165) is 85.3 Å². The summed E-state index contributed by atoms with van der Waals surface area (Å²) in [6.45, 7) is 5.89. The third-order valence-electron chi connectivity index (χ3n) is 9.67. The molecule has 0 N–H and O–H groups in total. The van der Waals surface area contributed by atoms with Gasteiger partial charge in [-0.3, -0.25) is 0 Å². The van der Waals surface area contributed by atoms with Crippen LogP contribution in [0.4, 0.5) is 5.69 Å². The van der Waals surface area contributed by atoms with Crippen molar-refractivity contribution < 1.29 is 14.3 Å². The number of fused-ring (bicyclic) bond motifs is 4. The second-order valence-electron chi connectivity index (χ2n) is 12.7. The van der Waals surface area contributed by atoms with E-state index in [9.17, 15) is 4.79 Å². The highest BCUT2D eigenvalue weighted by molar-refractivity contribution is 5.99. The number of benzene rings is 5. The molecule has 0 fully saturated rings. The van der Waals surface area contributed by atoms with E-state index in [4.69, 9.17) is 9.47 Å². The Morgan fingerprint density at radius 1 is 0.787 bits per heavy atom. The van der Waals surface area contributed by atoms with Gasteiger partial charge >= 0.3 is 5.97 Å². The molecular weight excluding hydrogens is 580 g/mol. The van der Waals surface area contributed by atoms with Gasteiger partial charge in [-0.05, 0) is 61.1 Å². The van der Waals surface area contributed by atoms with Crippen molar-refractivity contribution in [3.8, 4) is 11.5 Å². The first kappa shape index (κ1) is 29.3. The Morgan fingerprint density at radius 3 is 2.34 bits per heavy atom. The highest BCUT2D eigenvalue weighted by Gasteiger charge is 2.30. The summed E-state index contributed by atoms with van der Waals surface area (Å²) in [5.41, 5.74) is 9.98. The van der Waals surface area contributed by atoms with Crippen molar-refractivity contribution >= 4 is 17.2 Å². The van der Waals surface area contributed by atoms with Gasteiger partial charge in [0.15, 0.2) is 6.54 Å². The summed E-state index contributed by atoms with van der Waals surface area (Å²) in [5, 5.41) is 2.26. The van der Waals surface area contributed by atoms with Gasteiger partial charge in [-0.2, -0.15) is 0 Å². The topological polar surface area (TPSA) is 41.8 Å². The molecule has 0 amide bonds. The van der Waals surface area contributed by atoms with Gasteiger partial charge in [-0.1, -0.05) is 78.9 Å². The monoisotopic (exact) mass is 619 g/mol. The molecule has 0 atom stereocenters. The molecule has 3 aliphatic rings. The highest BCUT2D eigenvalue weighted by atomic mass is 16.5. The van der Waals surface area contributed by atoms with E-state index < -0.39 is 0 Å². The number of carbonyl (C=O) groups is 1. The van der Waals surface area contributed by atoms with E-state index in [1.165, 1.54) is 33.3 Å². The smallest absolute Gasteiger partial charge is 0.338 e. The number of esters is 1. The van der Waals surface area contributed by atoms with E-state index >= 15 is 0 Å². The van der Waals surface area contributed by atoms with Crippen LogP contribution in [0.2, 0.25) is 0 Å². The molecule has 5 aromatic rings. The van der Waals surface area contributed by atoms with Crippen LogP contribution in [0.25, 0.3) is 5.57 Å². The molecule has 3 heterocycles. The summed E-state index contributed by atoms with van der Waals surface area (Å²) in [4.78, 5) is 15.8. The Bertz CT molecular complexity index is 2100. The molecule has 5 heteroatoms. The summed E-state index contributed by atoms with van der Waals surface area (Å²) < 4.78 is 15.0. The Hall–Kier alpha value is -5.16. The summed E-state index contributed by atoms with van der Waals surface area (Å²) in [5.74, 6) is 1.36. The predicted molar refractivity (Wildman–Crippen MR) is 187 cm³/mol. The Balaban J connectivity index is 1.34. The molecular formula is C42H39N2O3+. The Labute approximate surface area is 276 Å².